The van der Waals surface area contributed by atoms with Crippen LogP contribution >= 0.6 is 0 Å². The second kappa shape index (κ2) is 39.6. The van der Waals surface area contributed by atoms with E-state index < -0.39 is 10.1 Å². The highest BCUT2D eigenvalue weighted by molar-refractivity contribution is 7.90. The quantitative estimate of drug-likeness (QED) is 0.0467. The molecule has 0 aliphatic carbocycles. The van der Waals surface area contributed by atoms with Crippen LogP contribution < -0.4 is 9.44 Å². The molecular weight excluding hydrogens is 757 g/mol. The van der Waals surface area contributed by atoms with Crippen LogP contribution in [0.3, 0.4) is 0 Å². The molecule has 1 aliphatic rings. The van der Waals surface area contributed by atoms with Crippen molar-refractivity contribution in [3.8, 4) is 0 Å². The van der Waals surface area contributed by atoms with Gasteiger partial charge in [0.1, 0.15) is 12.2 Å². The Hall–Kier alpha value is -1.23. The summed E-state index contributed by atoms with van der Waals surface area (Å²) in [5.74, 6) is -0.00822. The lowest BCUT2D eigenvalue weighted by Gasteiger charge is -2.24. The molecule has 3 atom stereocenters. The highest BCUT2D eigenvalue weighted by Crippen LogP contribution is 2.19. The Kier molecular flexibility index (Phi) is 37.4. The Bertz CT molecular complexity index is 1080. The standard InChI is InChI=1S/C49H98N4O5S/c1-6-10-13-16-21-28-35-46(9-4)57-48(54)38-31-24-19-26-33-41-53(43-40-45-44-51-59(56,50-5)52-45)42-34-27-20-25-32-39-49(55)58-47(36-29-22-17-14-11-7-2)37-30-23-18-15-12-8-3/h45-47H,6-44H2,1-5H3,(H2,50,51,52,56). The number of unbranched alkanes of at least 4 members (excludes halogenated alkanes) is 23. The molecular formula is C49H98N4O5S. The molecule has 2 N–H and O–H groups in total. The fourth-order valence-electron chi connectivity index (χ4n) is 8.27. The topological polar surface area (TPSA) is 109 Å². The predicted octanol–water partition coefficient (Wildman–Crippen LogP) is 13.3. The molecule has 0 aromatic rings. The van der Waals surface area contributed by atoms with Gasteiger partial charge in [0.05, 0.1) is 6.54 Å². The van der Waals surface area contributed by atoms with Crippen LogP contribution in [0, 0.1) is 0 Å². The first kappa shape index (κ1) is 55.8. The van der Waals surface area contributed by atoms with Gasteiger partial charge in [-0.05, 0) is 104 Å². The number of nitrogens with zero attached hydrogens (tertiary/aromatic N) is 2. The van der Waals surface area contributed by atoms with Crippen molar-refractivity contribution in [2.75, 3.05) is 33.2 Å². The number of carbonyl (C=O) groups excluding carboxylic acids is 2. The van der Waals surface area contributed by atoms with Gasteiger partial charge in [0.15, 0.2) is 10.1 Å². The van der Waals surface area contributed by atoms with Crippen LogP contribution in [0.15, 0.2) is 4.36 Å². The van der Waals surface area contributed by atoms with E-state index in [1.54, 1.807) is 7.05 Å². The third-order valence-corrected chi connectivity index (χ3v) is 14.0. The molecule has 3 unspecified atom stereocenters. The van der Waals surface area contributed by atoms with Crippen LogP contribution in [-0.2, 0) is 29.2 Å². The number of hydrogen-bond donors (Lipinski definition) is 2. The molecule has 0 radical (unpaired) electrons. The Labute approximate surface area is 366 Å². The zero-order valence-electron chi connectivity index (χ0n) is 39.7. The van der Waals surface area contributed by atoms with Crippen molar-refractivity contribution >= 4 is 22.0 Å². The highest BCUT2D eigenvalue weighted by atomic mass is 32.2. The lowest BCUT2D eigenvalue weighted by molar-refractivity contribution is -0.150. The normalized spacial score (nSPS) is 17.2. The summed E-state index contributed by atoms with van der Waals surface area (Å²) in [5.41, 5.74) is 0. The molecule has 0 saturated heterocycles. The monoisotopic (exact) mass is 855 g/mol. The lowest BCUT2D eigenvalue weighted by atomic mass is 10.0. The van der Waals surface area contributed by atoms with E-state index in [2.05, 4.69) is 46.4 Å². The molecule has 1 aliphatic heterocycles. The summed E-state index contributed by atoms with van der Waals surface area (Å²) < 4.78 is 34.8. The van der Waals surface area contributed by atoms with Crippen molar-refractivity contribution in [3.63, 3.8) is 0 Å². The second-order valence-corrected chi connectivity index (χ2v) is 19.8. The third kappa shape index (κ3) is 33.1. The van der Waals surface area contributed by atoms with Gasteiger partial charge < -0.3 is 14.4 Å². The first-order valence-corrected chi connectivity index (χ1v) is 27.1. The van der Waals surface area contributed by atoms with E-state index >= 15 is 0 Å². The number of carbonyl (C=O) groups is 2. The van der Waals surface area contributed by atoms with Gasteiger partial charge in [0.25, 0.3) is 0 Å². The van der Waals surface area contributed by atoms with E-state index in [1.165, 1.54) is 122 Å². The van der Waals surface area contributed by atoms with Crippen LogP contribution in [0.5, 0.6) is 0 Å². The maximum Gasteiger partial charge on any atom is 0.306 e. The molecule has 10 heteroatoms. The molecule has 59 heavy (non-hydrogen) atoms. The van der Waals surface area contributed by atoms with Crippen LogP contribution in [0.1, 0.15) is 252 Å². The molecule has 0 fully saturated rings. The van der Waals surface area contributed by atoms with Crippen molar-refractivity contribution in [1.29, 1.82) is 0 Å². The number of nitrogens with one attached hydrogen (secondary N) is 2. The largest absolute Gasteiger partial charge is 0.462 e. The molecule has 1 heterocycles. The Balaban J connectivity index is 2.36. The van der Waals surface area contributed by atoms with E-state index in [-0.39, 0.29) is 30.2 Å². The summed E-state index contributed by atoms with van der Waals surface area (Å²) in [4.78, 5) is 27.9. The molecule has 0 amide bonds. The number of ether oxygens (including phenoxy) is 2. The SMILES string of the molecule is CCCCCCCCC(CC)OC(=O)CCCCCCCN(CCCCCCCC(=O)OC(CCCCCCCC)CCCCCCCC)CCC1CN=S(=O)(NC)N1. The maximum absolute atomic E-state index is 12.9. The van der Waals surface area contributed by atoms with Crippen LogP contribution in [0.25, 0.3) is 0 Å². The average molecular weight is 855 g/mol. The van der Waals surface area contributed by atoms with E-state index in [4.69, 9.17) is 9.47 Å². The van der Waals surface area contributed by atoms with E-state index in [1.807, 2.05) is 0 Å². The minimum Gasteiger partial charge on any atom is -0.462 e. The van der Waals surface area contributed by atoms with Gasteiger partial charge in [-0.25, -0.2) is 18.0 Å². The maximum atomic E-state index is 12.9. The van der Waals surface area contributed by atoms with Crippen LogP contribution in [0.2, 0.25) is 0 Å². The molecule has 0 aromatic heterocycles. The molecule has 0 spiro atoms. The van der Waals surface area contributed by atoms with Gasteiger partial charge in [0.2, 0.25) is 0 Å². The van der Waals surface area contributed by atoms with Crippen LogP contribution in [-0.4, -0.2) is 72.5 Å². The van der Waals surface area contributed by atoms with Gasteiger partial charge in [-0.15, -0.1) is 0 Å². The van der Waals surface area contributed by atoms with Gasteiger partial charge in [0, 0.05) is 18.9 Å². The van der Waals surface area contributed by atoms with Gasteiger partial charge >= 0.3 is 11.9 Å². The third-order valence-electron chi connectivity index (χ3n) is 12.3. The van der Waals surface area contributed by atoms with E-state index in [9.17, 15) is 13.8 Å². The smallest absolute Gasteiger partial charge is 0.306 e. The zero-order valence-corrected chi connectivity index (χ0v) is 40.5. The predicted molar refractivity (Wildman–Crippen MR) is 252 cm³/mol. The first-order chi connectivity index (χ1) is 28.8. The summed E-state index contributed by atoms with van der Waals surface area (Å²) in [6.45, 7) is 12.6. The average Bonchev–Trinajstić information content (AvgIpc) is 3.62. The van der Waals surface area contributed by atoms with Crippen molar-refractivity contribution in [1.82, 2.24) is 14.3 Å². The fraction of sp³-hybridized carbons (Fsp3) is 0.959. The fourth-order valence-corrected chi connectivity index (χ4v) is 9.62. The molecule has 0 aromatic carbocycles. The summed E-state index contributed by atoms with van der Waals surface area (Å²) in [6.07, 6.45) is 40.0. The molecule has 350 valence electrons. The Morgan fingerprint density at radius 3 is 1.39 bits per heavy atom. The summed E-state index contributed by atoms with van der Waals surface area (Å²) >= 11 is 0. The van der Waals surface area contributed by atoms with E-state index in [0.29, 0.717) is 19.4 Å². The number of esters is 2. The first-order valence-electron chi connectivity index (χ1n) is 25.6. The molecule has 1 rings (SSSR count). The molecule has 0 saturated carbocycles. The van der Waals surface area contributed by atoms with Crippen molar-refractivity contribution in [3.05, 3.63) is 0 Å². The van der Waals surface area contributed by atoms with Gasteiger partial charge in [-0.2, -0.15) is 0 Å². The van der Waals surface area contributed by atoms with Crippen molar-refractivity contribution < 1.29 is 23.3 Å². The molecule has 0 bridgehead atoms. The number of hydrogen-bond acceptors (Lipinski definition) is 7. The Morgan fingerprint density at radius 2 is 0.966 bits per heavy atom. The molecule has 9 nitrogen and oxygen atoms in total. The Morgan fingerprint density at radius 1 is 0.576 bits per heavy atom. The van der Waals surface area contributed by atoms with Crippen molar-refractivity contribution in [2.45, 2.75) is 271 Å². The minimum atomic E-state index is -2.46. The van der Waals surface area contributed by atoms with Gasteiger partial charge in [-0.1, -0.05) is 163 Å². The number of rotatable bonds is 44. The summed E-state index contributed by atoms with van der Waals surface area (Å²) in [7, 11) is -0.763. The van der Waals surface area contributed by atoms with E-state index in [0.717, 1.165) is 110 Å². The minimum absolute atomic E-state index is 0.0106. The second-order valence-electron chi connectivity index (χ2n) is 17.8. The summed E-state index contributed by atoms with van der Waals surface area (Å²) in [5, 5.41) is 0. The zero-order chi connectivity index (χ0) is 43.1. The van der Waals surface area contributed by atoms with Crippen molar-refractivity contribution in [2.24, 2.45) is 4.36 Å². The van der Waals surface area contributed by atoms with Crippen LogP contribution in [0.4, 0.5) is 0 Å². The lowest BCUT2D eigenvalue weighted by Crippen LogP contribution is -2.39. The van der Waals surface area contributed by atoms with Gasteiger partial charge in [-0.3, -0.25) is 9.59 Å². The highest BCUT2D eigenvalue weighted by Gasteiger charge is 2.22. The summed E-state index contributed by atoms with van der Waals surface area (Å²) in [6, 6.07) is 0.145.